The highest BCUT2D eigenvalue weighted by atomic mass is 32.1. The minimum atomic E-state index is -0.154. The van der Waals surface area contributed by atoms with Gasteiger partial charge in [-0.05, 0) is 59.6 Å². The minimum Gasteiger partial charge on any atom is -0.370 e. The molecule has 0 bridgehead atoms. The van der Waals surface area contributed by atoms with Crippen LogP contribution >= 0.6 is 11.5 Å². The summed E-state index contributed by atoms with van der Waals surface area (Å²) in [5, 5.41) is 6.99. The fraction of sp³-hybridized carbons (Fsp3) is 0.0952. The zero-order valence-corrected chi connectivity index (χ0v) is 15.6. The van der Waals surface area contributed by atoms with Crippen molar-refractivity contribution in [1.82, 2.24) is 9.59 Å². The van der Waals surface area contributed by atoms with E-state index in [-0.39, 0.29) is 5.91 Å². The molecule has 4 aromatic rings. The van der Waals surface area contributed by atoms with Crippen LogP contribution in [0.3, 0.4) is 0 Å². The number of carbonyl (C=O) groups excluding carboxylic acids is 1. The highest BCUT2D eigenvalue weighted by molar-refractivity contribution is 7.12. The summed E-state index contributed by atoms with van der Waals surface area (Å²) in [5.74, 6) is -0.154. The lowest BCUT2D eigenvalue weighted by Gasteiger charge is -2.19. The van der Waals surface area contributed by atoms with Gasteiger partial charge < -0.3 is 10.2 Å². The largest absolute Gasteiger partial charge is 0.370 e. The number of benzene rings is 3. The molecule has 6 heteroatoms. The van der Waals surface area contributed by atoms with Gasteiger partial charge in [0.25, 0.3) is 5.91 Å². The minimum absolute atomic E-state index is 0.154. The van der Waals surface area contributed by atoms with E-state index in [1.165, 1.54) is 11.5 Å². The Morgan fingerprint density at radius 1 is 1.04 bits per heavy atom. The van der Waals surface area contributed by atoms with Crippen LogP contribution in [0.2, 0.25) is 0 Å². The second-order valence-corrected chi connectivity index (χ2v) is 7.09. The second-order valence-electron chi connectivity index (χ2n) is 6.30. The van der Waals surface area contributed by atoms with E-state index in [1.54, 1.807) is 12.1 Å². The Labute approximate surface area is 161 Å². The van der Waals surface area contributed by atoms with Gasteiger partial charge in [-0.25, -0.2) is 0 Å². The van der Waals surface area contributed by atoms with E-state index in [1.807, 2.05) is 42.5 Å². The maximum Gasteiger partial charge on any atom is 0.255 e. The molecule has 0 saturated carbocycles. The molecule has 1 amide bonds. The lowest BCUT2D eigenvalue weighted by atomic mass is 10.1. The number of rotatable bonds is 5. The third-order valence-electron chi connectivity index (χ3n) is 4.31. The van der Waals surface area contributed by atoms with E-state index in [9.17, 15) is 4.79 Å². The lowest BCUT2D eigenvalue weighted by Crippen LogP contribution is -2.16. The van der Waals surface area contributed by atoms with Crippen LogP contribution in [0.25, 0.3) is 10.2 Å². The number of nitrogens with zero attached hydrogens (tertiary/aromatic N) is 3. The summed E-state index contributed by atoms with van der Waals surface area (Å²) in [5.41, 5.74) is 4.36. The molecule has 0 aliphatic carbocycles. The molecule has 0 fully saturated rings. The summed E-state index contributed by atoms with van der Waals surface area (Å²) in [6, 6.07) is 23.6. The van der Waals surface area contributed by atoms with E-state index in [2.05, 4.69) is 45.1 Å². The first-order valence-electron chi connectivity index (χ1n) is 8.58. The standard InChI is InChI=1S/C21H18N4OS/c1-25(18-8-3-2-4-9-18)14-15-6-5-7-17(12-15)22-21(26)16-10-11-20-19(13-16)23-24-27-20/h2-13H,14H2,1H3,(H,22,26). The molecular weight excluding hydrogens is 356 g/mol. The first-order valence-corrected chi connectivity index (χ1v) is 9.35. The fourth-order valence-corrected chi connectivity index (χ4v) is 3.46. The third kappa shape index (κ3) is 3.96. The molecule has 0 spiro atoms. The van der Waals surface area contributed by atoms with Crippen molar-refractivity contribution in [2.45, 2.75) is 6.54 Å². The maximum absolute atomic E-state index is 12.6. The molecule has 134 valence electrons. The zero-order chi connectivity index (χ0) is 18.6. The monoisotopic (exact) mass is 374 g/mol. The molecule has 27 heavy (non-hydrogen) atoms. The van der Waals surface area contributed by atoms with Crippen LogP contribution in [-0.2, 0) is 6.54 Å². The highest BCUT2D eigenvalue weighted by Crippen LogP contribution is 2.20. The summed E-state index contributed by atoms with van der Waals surface area (Å²) in [6.45, 7) is 0.754. The van der Waals surface area contributed by atoms with Crippen molar-refractivity contribution in [1.29, 1.82) is 0 Å². The average Bonchev–Trinajstić information content (AvgIpc) is 3.16. The van der Waals surface area contributed by atoms with Gasteiger partial charge in [-0.1, -0.05) is 34.8 Å². The molecule has 0 radical (unpaired) electrons. The van der Waals surface area contributed by atoms with Gasteiger partial charge >= 0.3 is 0 Å². The normalized spacial score (nSPS) is 10.7. The Bertz CT molecular complexity index is 1080. The SMILES string of the molecule is CN(Cc1cccc(NC(=O)c2ccc3snnc3c2)c1)c1ccccc1. The van der Waals surface area contributed by atoms with Gasteiger partial charge in [0.15, 0.2) is 0 Å². The van der Waals surface area contributed by atoms with E-state index in [4.69, 9.17) is 0 Å². The zero-order valence-electron chi connectivity index (χ0n) is 14.8. The number of fused-ring (bicyclic) bond motifs is 1. The first kappa shape index (κ1) is 17.2. The molecule has 0 saturated heterocycles. The number of amides is 1. The third-order valence-corrected chi connectivity index (χ3v) is 5.02. The predicted octanol–water partition coefficient (Wildman–Crippen LogP) is 4.58. The van der Waals surface area contributed by atoms with Crippen molar-refractivity contribution in [3.05, 3.63) is 83.9 Å². The smallest absolute Gasteiger partial charge is 0.255 e. The second kappa shape index (κ2) is 7.55. The van der Waals surface area contributed by atoms with Crippen molar-refractivity contribution in [3.8, 4) is 0 Å². The van der Waals surface area contributed by atoms with E-state index < -0.39 is 0 Å². The summed E-state index contributed by atoms with van der Waals surface area (Å²) in [7, 11) is 2.05. The number of hydrogen-bond donors (Lipinski definition) is 1. The van der Waals surface area contributed by atoms with Crippen LogP contribution in [0.15, 0.2) is 72.8 Å². The van der Waals surface area contributed by atoms with Crippen LogP contribution < -0.4 is 10.2 Å². The van der Waals surface area contributed by atoms with Crippen molar-refractivity contribution in [2.75, 3.05) is 17.3 Å². The fourth-order valence-electron chi connectivity index (χ4n) is 2.92. The predicted molar refractivity (Wildman–Crippen MR) is 110 cm³/mol. The molecule has 0 aliphatic rings. The molecule has 1 N–H and O–H groups in total. The molecule has 0 aliphatic heterocycles. The Balaban J connectivity index is 1.48. The summed E-state index contributed by atoms with van der Waals surface area (Å²) < 4.78 is 4.88. The van der Waals surface area contributed by atoms with Gasteiger partial charge in [-0.15, -0.1) is 5.10 Å². The molecule has 0 atom stereocenters. The molecule has 0 unspecified atom stereocenters. The summed E-state index contributed by atoms with van der Waals surface area (Å²) >= 11 is 1.32. The molecule has 3 aromatic carbocycles. The van der Waals surface area contributed by atoms with Gasteiger partial charge in [-0.2, -0.15) is 0 Å². The molecular formula is C21H18N4OS. The molecule has 5 nitrogen and oxygen atoms in total. The van der Waals surface area contributed by atoms with E-state index in [0.29, 0.717) is 5.56 Å². The van der Waals surface area contributed by atoms with Crippen LogP contribution in [0.5, 0.6) is 0 Å². The number of aromatic nitrogens is 2. The van der Waals surface area contributed by atoms with Crippen LogP contribution in [-0.4, -0.2) is 22.5 Å². The maximum atomic E-state index is 12.6. The topological polar surface area (TPSA) is 58.1 Å². The molecule has 1 aromatic heterocycles. The van der Waals surface area contributed by atoms with Crippen molar-refractivity contribution < 1.29 is 4.79 Å². The van der Waals surface area contributed by atoms with Gasteiger partial charge in [0.2, 0.25) is 0 Å². The van der Waals surface area contributed by atoms with Crippen molar-refractivity contribution in [3.63, 3.8) is 0 Å². The van der Waals surface area contributed by atoms with Crippen molar-refractivity contribution in [2.24, 2.45) is 0 Å². The first-order chi connectivity index (χ1) is 13.2. The van der Waals surface area contributed by atoms with Gasteiger partial charge in [0, 0.05) is 30.5 Å². The Morgan fingerprint density at radius 2 is 1.89 bits per heavy atom. The quantitative estimate of drug-likeness (QED) is 0.555. The summed E-state index contributed by atoms with van der Waals surface area (Å²) in [6.07, 6.45) is 0. The number of para-hydroxylation sites is 1. The van der Waals surface area contributed by atoms with Gasteiger partial charge in [0.1, 0.15) is 5.52 Å². The highest BCUT2D eigenvalue weighted by Gasteiger charge is 2.09. The van der Waals surface area contributed by atoms with Crippen LogP contribution in [0.4, 0.5) is 11.4 Å². The van der Waals surface area contributed by atoms with E-state index in [0.717, 1.165) is 33.7 Å². The Kier molecular flexibility index (Phi) is 4.80. The van der Waals surface area contributed by atoms with Crippen LogP contribution in [0, 0.1) is 0 Å². The molecule has 1 heterocycles. The number of carbonyl (C=O) groups is 1. The average molecular weight is 374 g/mol. The Hall–Kier alpha value is -3.25. The number of nitrogens with one attached hydrogen (secondary N) is 1. The van der Waals surface area contributed by atoms with Crippen molar-refractivity contribution >= 4 is 39.0 Å². The van der Waals surface area contributed by atoms with Crippen LogP contribution in [0.1, 0.15) is 15.9 Å². The van der Waals surface area contributed by atoms with Gasteiger partial charge in [-0.3, -0.25) is 4.79 Å². The number of anilines is 2. The molecule has 4 rings (SSSR count). The van der Waals surface area contributed by atoms with E-state index >= 15 is 0 Å². The van der Waals surface area contributed by atoms with Gasteiger partial charge in [0.05, 0.1) is 4.70 Å². The Morgan fingerprint density at radius 3 is 2.74 bits per heavy atom. The lowest BCUT2D eigenvalue weighted by molar-refractivity contribution is 0.102. The number of hydrogen-bond acceptors (Lipinski definition) is 5. The summed E-state index contributed by atoms with van der Waals surface area (Å²) in [4.78, 5) is 14.7.